The Balaban J connectivity index is 1.88. The number of thiophene rings is 1. The molecule has 3 nitrogen and oxygen atoms in total. The highest BCUT2D eigenvalue weighted by Gasteiger charge is 2.19. The van der Waals surface area contributed by atoms with Gasteiger partial charge in [0.1, 0.15) is 10.6 Å². The zero-order valence-corrected chi connectivity index (χ0v) is 14.3. The molecule has 23 heavy (non-hydrogen) atoms. The highest BCUT2D eigenvalue weighted by molar-refractivity contribution is 7.18. The van der Waals surface area contributed by atoms with Crippen LogP contribution in [0, 0.1) is 0 Å². The molecule has 0 unspecified atom stereocenters. The summed E-state index contributed by atoms with van der Waals surface area (Å²) < 4.78 is 0. The van der Waals surface area contributed by atoms with Gasteiger partial charge in [0.15, 0.2) is 5.82 Å². The number of aryl methyl sites for hydroxylation is 1. The van der Waals surface area contributed by atoms with Gasteiger partial charge in [-0.25, -0.2) is 9.97 Å². The summed E-state index contributed by atoms with van der Waals surface area (Å²) in [5, 5.41) is 1.23. The summed E-state index contributed by atoms with van der Waals surface area (Å²) >= 11 is 1.81. The fourth-order valence-electron chi connectivity index (χ4n) is 3.19. The number of rotatable bonds is 3. The second-order valence-corrected chi connectivity index (χ2v) is 7.18. The van der Waals surface area contributed by atoms with E-state index < -0.39 is 0 Å². The lowest BCUT2D eigenvalue weighted by Crippen LogP contribution is -2.30. The molecular weight excluding hydrogens is 302 g/mol. The fraction of sp³-hybridized carbons (Fsp3) is 0.368. The Hall–Kier alpha value is -1.94. The molecule has 118 valence electrons. The fourth-order valence-corrected chi connectivity index (χ4v) is 4.16. The molecule has 1 aromatic carbocycles. The molecule has 1 saturated heterocycles. The normalized spacial score (nSPS) is 15.3. The molecule has 0 radical (unpaired) electrons. The van der Waals surface area contributed by atoms with Crippen molar-refractivity contribution in [3.05, 3.63) is 41.3 Å². The molecule has 4 rings (SSSR count). The lowest BCUT2D eigenvalue weighted by atomic mass is 10.1. The van der Waals surface area contributed by atoms with Gasteiger partial charge in [0.05, 0.1) is 5.39 Å². The topological polar surface area (TPSA) is 29.0 Å². The monoisotopic (exact) mass is 323 g/mol. The predicted octanol–water partition coefficient (Wildman–Crippen LogP) is 4.91. The third-order valence-corrected chi connectivity index (χ3v) is 5.63. The number of hydrogen-bond donors (Lipinski definition) is 0. The Morgan fingerprint density at radius 3 is 2.57 bits per heavy atom. The van der Waals surface area contributed by atoms with Crippen LogP contribution in [0.1, 0.15) is 31.1 Å². The first-order valence-corrected chi connectivity index (χ1v) is 9.27. The van der Waals surface area contributed by atoms with Crippen molar-refractivity contribution in [1.82, 2.24) is 9.97 Å². The van der Waals surface area contributed by atoms with Crippen molar-refractivity contribution < 1.29 is 0 Å². The molecule has 2 aromatic heterocycles. The maximum Gasteiger partial charge on any atom is 0.163 e. The molecule has 1 aliphatic rings. The Kier molecular flexibility index (Phi) is 4.00. The van der Waals surface area contributed by atoms with Crippen molar-refractivity contribution in [3.8, 4) is 11.4 Å². The molecule has 1 aliphatic heterocycles. The Labute approximate surface area is 141 Å². The lowest BCUT2D eigenvalue weighted by molar-refractivity contribution is 0.575. The van der Waals surface area contributed by atoms with Gasteiger partial charge in [-0.1, -0.05) is 37.3 Å². The van der Waals surface area contributed by atoms with E-state index in [1.807, 2.05) is 6.07 Å². The van der Waals surface area contributed by atoms with Crippen molar-refractivity contribution in [2.45, 2.75) is 32.6 Å². The van der Waals surface area contributed by atoms with Crippen molar-refractivity contribution in [2.24, 2.45) is 0 Å². The van der Waals surface area contributed by atoms with Gasteiger partial charge in [-0.05, 0) is 31.7 Å². The summed E-state index contributed by atoms with van der Waals surface area (Å²) in [6.07, 6.45) is 4.91. The number of hydrogen-bond acceptors (Lipinski definition) is 4. The first-order valence-electron chi connectivity index (χ1n) is 8.46. The van der Waals surface area contributed by atoms with Gasteiger partial charge in [0.25, 0.3) is 0 Å². The third kappa shape index (κ3) is 2.83. The SMILES string of the molecule is CCc1cc2c(N3CCCCC3)nc(-c3ccccc3)nc2s1. The van der Waals surface area contributed by atoms with Crippen LogP contribution < -0.4 is 4.90 Å². The van der Waals surface area contributed by atoms with E-state index in [2.05, 4.69) is 42.2 Å². The van der Waals surface area contributed by atoms with Gasteiger partial charge in [-0.15, -0.1) is 11.3 Å². The second-order valence-electron chi connectivity index (χ2n) is 6.07. The quantitative estimate of drug-likeness (QED) is 0.685. The summed E-state index contributed by atoms with van der Waals surface area (Å²) in [7, 11) is 0. The molecular formula is C19H21N3S. The Morgan fingerprint density at radius 1 is 1.04 bits per heavy atom. The van der Waals surface area contributed by atoms with E-state index in [9.17, 15) is 0 Å². The van der Waals surface area contributed by atoms with E-state index in [4.69, 9.17) is 9.97 Å². The van der Waals surface area contributed by atoms with Crippen LogP contribution in [0.15, 0.2) is 36.4 Å². The molecule has 0 N–H and O–H groups in total. The first kappa shape index (κ1) is 14.6. The van der Waals surface area contributed by atoms with Gasteiger partial charge < -0.3 is 4.90 Å². The zero-order valence-electron chi connectivity index (χ0n) is 13.5. The molecule has 3 heterocycles. The summed E-state index contributed by atoms with van der Waals surface area (Å²) in [5.74, 6) is 1.98. The average molecular weight is 323 g/mol. The smallest absolute Gasteiger partial charge is 0.163 e. The summed E-state index contributed by atoms with van der Waals surface area (Å²) in [6.45, 7) is 4.42. The molecule has 0 spiro atoms. The molecule has 0 amide bonds. The van der Waals surface area contributed by atoms with Crippen LogP contribution in [0.3, 0.4) is 0 Å². The minimum atomic E-state index is 0.850. The second kappa shape index (κ2) is 6.28. The minimum absolute atomic E-state index is 0.850. The number of aromatic nitrogens is 2. The van der Waals surface area contributed by atoms with E-state index in [1.165, 1.54) is 29.5 Å². The van der Waals surface area contributed by atoms with Crippen molar-refractivity contribution in [1.29, 1.82) is 0 Å². The maximum absolute atomic E-state index is 4.96. The number of anilines is 1. The summed E-state index contributed by atoms with van der Waals surface area (Å²) in [6, 6.07) is 12.6. The largest absolute Gasteiger partial charge is 0.356 e. The standard InChI is InChI=1S/C19H21N3S/c1-2-15-13-16-18(22-11-7-4-8-12-22)20-17(21-19(16)23-15)14-9-5-3-6-10-14/h3,5-6,9-10,13H,2,4,7-8,11-12H2,1H3. The van der Waals surface area contributed by atoms with Crippen LogP contribution in [0.5, 0.6) is 0 Å². The van der Waals surface area contributed by atoms with E-state index in [0.29, 0.717) is 0 Å². The van der Waals surface area contributed by atoms with Crippen LogP contribution in [0.4, 0.5) is 5.82 Å². The van der Waals surface area contributed by atoms with E-state index in [-0.39, 0.29) is 0 Å². The van der Waals surface area contributed by atoms with Crippen molar-refractivity contribution in [3.63, 3.8) is 0 Å². The van der Waals surface area contributed by atoms with Crippen molar-refractivity contribution >= 4 is 27.4 Å². The van der Waals surface area contributed by atoms with Crippen LogP contribution in [-0.4, -0.2) is 23.1 Å². The Morgan fingerprint density at radius 2 is 1.83 bits per heavy atom. The molecule has 0 aliphatic carbocycles. The maximum atomic E-state index is 4.96. The number of benzene rings is 1. The molecule has 0 saturated carbocycles. The van der Waals surface area contributed by atoms with Gasteiger partial charge in [0, 0.05) is 23.5 Å². The first-order chi connectivity index (χ1) is 11.3. The van der Waals surface area contributed by atoms with E-state index in [0.717, 1.165) is 41.5 Å². The minimum Gasteiger partial charge on any atom is -0.356 e. The molecule has 4 heteroatoms. The molecule has 0 bridgehead atoms. The highest BCUT2D eigenvalue weighted by Crippen LogP contribution is 2.34. The zero-order chi connectivity index (χ0) is 15.6. The average Bonchev–Trinajstić information content (AvgIpc) is 3.05. The van der Waals surface area contributed by atoms with Gasteiger partial charge >= 0.3 is 0 Å². The molecule has 3 aromatic rings. The van der Waals surface area contributed by atoms with Gasteiger partial charge in [-0.3, -0.25) is 0 Å². The van der Waals surface area contributed by atoms with E-state index >= 15 is 0 Å². The van der Waals surface area contributed by atoms with Crippen molar-refractivity contribution in [2.75, 3.05) is 18.0 Å². The van der Waals surface area contributed by atoms with Crippen LogP contribution in [0.2, 0.25) is 0 Å². The summed E-state index contributed by atoms with van der Waals surface area (Å²) in [5.41, 5.74) is 1.10. The predicted molar refractivity (Wildman–Crippen MR) is 98.3 cm³/mol. The highest BCUT2D eigenvalue weighted by atomic mass is 32.1. The number of nitrogens with zero attached hydrogens (tertiary/aromatic N) is 3. The third-order valence-electron chi connectivity index (χ3n) is 4.46. The lowest BCUT2D eigenvalue weighted by Gasteiger charge is -2.28. The number of fused-ring (bicyclic) bond motifs is 1. The van der Waals surface area contributed by atoms with E-state index in [1.54, 1.807) is 11.3 Å². The van der Waals surface area contributed by atoms with Gasteiger partial charge in [-0.2, -0.15) is 0 Å². The molecule has 1 fully saturated rings. The Bertz CT molecular complexity index is 804. The van der Waals surface area contributed by atoms with Crippen LogP contribution in [-0.2, 0) is 6.42 Å². The van der Waals surface area contributed by atoms with Crippen LogP contribution >= 0.6 is 11.3 Å². The van der Waals surface area contributed by atoms with Gasteiger partial charge in [0.2, 0.25) is 0 Å². The molecule has 0 atom stereocenters. The summed E-state index contributed by atoms with van der Waals surface area (Å²) in [4.78, 5) is 14.8. The van der Waals surface area contributed by atoms with Crippen LogP contribution in [0.25, 0.3) is 21.6 Å². The number of piperidine rings is 1.